The largest absolute Gasteiger partial charge is 0.492 e. The number of aromatic hydroxyl groups is 1. The molecule has 128 valence electrons. The van der Waals surface area contributed by atoms with Crippen molar-refractivity contribution in [3.63, 3.8) is 0 Å². The highest BCUT2D eigenvalue weighted by atomic mass is 35.5. The van der Waals surface area contributed by atoms with Gasteiger partial charge in [0.1, 0.15) is 5.75 Å². The van der Waals surface area contributed by atoms with E-state index >= 15 is 0 Å². The maximum absolute atomic E-state index is 12.6. The van der Waals surface area contributed by atoms with Crippen molar-refractivity contribution in [1.29, 1.82) is 0 Å². The van der Waals surface area contributed by atoms with Crippen molar-refractivity contribution >= 4 is 38.6 Å². The zero-order chi connectivity index (χ0) is 18.2. The van der Waals surface area contributed by atoms with E-state index in [1.165, 1.54) is 42.5 Å². The Bertz CT molecular complexity index is 1080. The molecule has 2 N–H and O–H groups in total. The third kappa shape index (κ3) is 3.21. The third-order valence-corrected chi connectivity index (χ3v) is 4.86. The van der Waals surface area contributed by atoms with Gasteiger partial charge in [0.25, 0.3) is 0 Å². The van der Waals surface area contributed by atoms with Gasteiger partial charge in [-0.3, -0.25) is 0 Å². The van der Waals surface area contributed by atoms with E-state index in [1.807, 2.05) is 0 Å². The number of hydrogen-bond donors (Lipinski definition) is 2. The Morgan fingerprint density at radius 2 is 1.72 bits per heavy atom. The molecule has 0 fully saturated rings. The normalized spacial score (nSPS) is 11.4. The second kappa shape index (κ2) is 6.23. The number of rotatable bonds is 4. The molecule has 1 heterocycles. The fourth-order valence-electron chi connectivity index (χ4n) is 2.29. The first kappa shape index (κ1) is 17.0. The van der Waals surface area contributed by atoms with Crippen LogP contribution in [0.4, 0.5) is 0 Å². The van der Waals surface area contributed by atoms with Crippen LogP contribution in [0.1, 0.15) is 10.4 Å². The van der Waals surface area contributed by atoms with Gasteiger partial charge in [-0.1, -0.05) is 29.8 Å². The second-order valence-corrected chi connectivity index (χ2v) is 6.87. The average molecular weight is 380 g/mol. The predicted octanol–water partition coefficient (Wildman–Crippen LogP) is 3.06. The number of aromatic nitrogens is 1. The molecule has 7 nitrogen and oxygen atoms in total. The molecule has 3 aromatic rings. The summed E-state index contributed by atoms with van der Waals surface area (Å²) in [4.78, 5) is 14.5. The Balaban J connectivity index is 2.23. The summed E-state index contributed by atoms with van der Waals surface area (Å²) in [6.45, 7) is 0. The van der Waals surface area contributed by atoms with E-state index in [1.54, 1.807) is 6.07 Å². The van der Waals surface area contributed by atoms with Crippen LogP contribution in [0.2, 0.25) is 5.02 Å². The summed E-state index contributed by atoms with van der Waals surface area (Å²) in [5.74, 6) is -2.58. The van der Waals surface area contributed by atoms with Crippen molar-refractivity contribution < 1.29 is 27.6 Å². The molecule has 0 aliphatic rings. The number of aromatic carboxylic acids is 1. The van der Waals surface area contributed by atoms with Gasteiger partial charge in [-0.25, -0.2) is 9.78 Å². The summed E-state index contributed by atoms with van der Waals surface area (Å²) in [6.07, 6.45) is 0. The Kier molecular flexibility index (Phi) is 4.23. The molecule has 2 aromatic carbocycles. The molecule has 3 rings (SSSR count). The summed E-state index contributed by atoms with van der Waals surface area (Å²) < 4.78 is 30.0. The molecule has 9 heteroatoms. The molecule has 0 saturated carbocycles. The van der Waals surface area contributed by atoms with Crippen molar-refractivity contribution in [2.75, 3.05) is 0 Å². The molecule has 0 aliphatic carbocycles. The molecule has 0 unspecified atom stereocenters. The first-order valence-electron chi connectivity index (χ1n) is 6.84. The number of carboxylic acid groups (broad SMARTS) is 1. The van der Waals surface area contributed by atoms with Gasteiger partial charge in [0, 0.05) is 10.4 Å². The summed E-state index contributed by atoms with van der Waals surface area (Å²) in [7, 11) is -4.66. The van der Waals surface area contributed by atoms with Crippen LogP contribution in [0.25, 0.3) is 10.9 Å². The SMILES string of the molecule is O=C(O)c1c(S(=O)(=O)Oc2ccc(Cl)cc2)c(O)nc2ccccc12. The summed E-state index contributed by atoms with van der Waals surface area (Å²) in [5.41, 5.74) is -0.472. The van der Waals surface area contributed by atoms with Crippen molar-refractivity contribution in [3.8, 4) is 11.6 Å². The molecule has 0 aliphatic heterocycles. The van der Waals surface area contributed by atoms with Gasteiger partial charge in [-0.15, -0.1) is 0 Å². The summed E-state index contributed by atoms with van der Waals surface area (Å²) >= 11 is 5.72. The lowest BCUT2D eigenvalue weighted by atomic mass is 10.1. The second-order valence-electron chi connectivity index (χ2n) is 4.95. The number of pyridine rings is 1. The third-order valence-electron chi connectivity index (χ3n) is 3.31. The first-order valence-corrected chi connectivity index (χ1v) is 8.63. The number of carbonyl (C=O) groups is 1. The molecular weight excluding hydrogens is 370 g/mol. The van der Waals surface area contributed by atoms with Crippen LogP contribution in [0.3, 0.4) is 0 Å². The van der Waals surface area contributed by atoms with Crippen LogP contribution in [0.5, 0.6) is 11.6 Å². The topological polar surface area (TPSA) is 114 Å². The quantitative estimate of drug-likeness (QED) is 0.669. The van der Waals surface area contributed by atoms with Gasteiger partial charge in [-0.2, -0.15) is 8.42 Å². The number of fused-ring (bicyclic) bond motifs is 1. The van der Waals surface area contributed by atoms with Gasteiger partial charge in [0.2, 0.25) is 5.88 Å². The van der Waals surface area contributed by atoms with Gasteiger partial charge in [0.15, 0.2) is 4.90 Å². The zero-order valence-electron chi connectivity index (χ0n) is 12.4. The fraction of sp³-hybridized carbons (Fsp3) is 0. The highest BCUT2D eigenvalue weighted by Crippen LogP contribution is 2.33. The minimum absolute atomic E-state index is 0.0612. The van der Waals surface area contributed by atoms with Crippen molar-refractivity contribution in [3.05, 3.63) is 59.1 Å². The fourth-order valence-corrected chi connectivity index (χ4v) is 3.58. The van der Waals surface area contributed by atoms with E-state index in [9.17, 15) is 23.4 Å². The standard InChI is InChI=1S/C16H10ClNO6S/c17-9-5-7-10(8-6-9)24-25(22,23)14-13(16(20)21)11-3-1-2-4-12(11)18-15(14)19/h1-8H,(H,18,19)(H,20,21). The number of nitrogens with zero attached hydrogens (tertiary/aromatic N) is 1. The van der Waals surface area contributed by atoms with Gasteiger partial charge in [-0.05, 0) is 30.3 Å². The lowest BCUT2D eigenvalue weighted by molar-refractivity contribution is 0.0693. The molecule has 0 atom stereocenters. The van der Waals surface area contributed by atoms with Crippen molar-refractivity contribution in [2.45, 2.75) is 4.90 Å². The molecule has 0 saturated heterocycles. The van der Waals surface area contributed by atoms with Crippen LogP contribution < -0.4 is 4.18 Å². The van der Waals surface area contributed by atoms with Crippen LogP contribution in [0, 0.1) is 0 Å². The lowest BCUT2D eigenvalue weighted by Crippen LogP contribution is -2.16. The number of halogens is 1. The maximum Gasteiger partial charge on any atom is 0.345 e. The van der Waals surface area contributed by atoms with Crippen molar-refractivity contribution in [1.82, 2.24) is 4.98 Å². The van der Waals surface area contributed by atoms with E-state index in [0.29, 0.717) is 5.02 Å². The Morgan fingerprint density at radius 1 is 1.08 bits per heavy atom. The lowest BCUT2D eigenvalue weighted by Gasteiger charge is -2.12. The van der Waals surface area contributed by atoms with Gasteiger partial charge >= 0.3 is 16.1 Å². The first-order chi connectivity index (χ1) is 11.8. The van der Waals surface area contributed by atoms with E-state index < -0.39 is 32.4 Å². The molecule has 0 bridgehead atoms. The van der Waals surface area contributed by atoms with Crippen LogP contribution >= 0.6 is 11.6 Å². The minimum Gasteiger partial charge on any atom is -0.492 e. The van der Waals surface area contributed by atoms with Gasteiger partial charge < -0.3 is 14.4 Å². The van der Waals surface area contributed by atoms with E-state index in [2.05, 4.69) is 4.98 Å². The highest BCUT2D eigenvalue weighted by Gasteiger charge is 2.32. The van der Waals surface area contributed by atoms with Crippen molar-refractivity contribution in [2.24, 2.45) is 0 Å². The average Bonchev–Trinajstić information content (AvgIpc) is 2.55. The molecule has 1 aromatic heterocycles. The van der Waals surface area contributed by atoms with Gasteiger partial charge in [0.05, 0.1) is 11.1 Å². The smallest absolute Gasteiger partial charge is 0.345 e. The van der Waals surface area contributed by atoms with E-state index in [4.69, 9.17) is 15.8 Å². The van der Waals surface area contributed by atoms with E-state index in [0.717, 1.165) is 0 Å². The Labute approximate surface area is 147 Å². The van der Waals surface area contributed by atoms with E-state index in [-0.39, 0.29) is 16.7 Å². The zero-order valence-corrected chi connectivity index (χ0v) is 14.0. The number of carboxylic acids is 1. The molecular formula is C16H10ClNO6S. The van der Waals surface area contributed by atoms with Crippen LogP contribution in [0.15, 0.2) is 53.4 Å². The highest BCUT2D eigenvalue weighted by molar-refractivity contribution is 7.87. The number of benzene rings is 2. The summed E-state index contributed by atoms with van der Waals surface area (Å²) in [5, 5.41) is 19.9. The Morgan fingerprint density at radius 3 is 2.36 bits per heavy atom. The number of para-hydroxylation sites is 1. The maximum atomic E-state index is 12.6. The molecule has 25 heavy (non-hydrogen) atoms. The monoisotopic (exact) mass is 379 g/mol. The summed E-state index contributed by atoms with van der Waals surface area (Å²) in [6, 6.07) is 11.4. The minimum atomic E-state index is -4.66. The van der Waals surface area contributed by atoms with Crippen LogP contribution in [-0.4, -0.2) is 29.6 Å². The Hall–Kier alpha value is -2.84. The predicted molar refractivity (Wildman–Crippen MR) is 89.6 cm³/mol. The van der Waals surface area contributed by atoms with Crippen LogP contribution in [-0.2, 0) is 10.1 Å². The molecule has 0 spiro atoms. The number of hydrogen-bond acceptors (Lipinski definition) is 6. The molecule has 0 amide bonds. The molecule has 0 radical (unpaired) electrons.